The van der Waals surface area contributed by atoms with Crippen molar-refractivity contribution >= 4 is 20.4 Å². The number of guanidine groups is 1. The molecule has 6 N–H and O–H groups in total. The number of carboxylic acid groups (broad SMARTS) is 1. The molecule has 0 unspecified atom stereocenters. The topological polar surface area (TPSA) is 130 Å². The Morgan fingerprint density at radius 3 is 1.67 bits per heavy atom. The van der Waals surface area contributed by atoms with Gasteiger partial charge in [0.2, 0.25) is 0 Å². The number of aliphatic carboxylic acids is 1. The van der Waals surface area contributed by atoms with Gasteiger partial charge in [0.25, 0.3) is 5.97 Å². The number of nitrogens with two attached hydrogens (primary N) is 2. The van der Waals surface area contributed by atoms with Gasteiger partial charge in [0.15, 0.2) is 14.4 Å². The van der Waals surface area contributed by atoms with Gasteiger partial charge in [-0.15, -0.1) is 0 Å². The average Bonchev–Trinajstić information content (AvgIpc) is 1.85. The minimum absolute atomic E-state index is 0.248. The highest BCUT2D eigenvalue weighted by Crippen LogP contribution is 1.82. The fourth-order valence-corrected chi connectivity index (χ4v) is 0. The molecule has 7 heteroatoms. The highest BCUT2D eigenvalue weighted by atomic mass is 31.1. The molecule has 0 saturated heterocycles. The maximum Gasteiger partial charge on any atom is 0.300 e. The largest absolute Gasteiger partial charge is 0.481 e. The van der Waals surface area contributed by atoms with Crippen molar-refractivity contribution in [2.24, 2.45) is 11.5 Å². The minimum Gasteiger partial charge on any atom is -0.481 e. The fourth-order valence-electron chi connectivity index (χ4n) is 0. The molecule has 0 aliphatic heterocycles. The molecule has 0 aromatic heterocycles. The van der Waals surface area contributed by atoms with Crippen LogP contribution in [-0.4, -0.2) is 23.2 Å². The van der Waals surface area contributed by atoms with Gasteiger partial charge in [0, 0.05) is 13.1 Å². The zero-order valence-electron chi connectivity index (χ0n) is 7.07. The summed E-state index contributed by atoms with van der Waals surface area (Å²) >= 11 is 0. The van der Waals surface area contributed by atoms with Gasteiger partial charge < -0.3 is 16.6 Å². The van der Waals surface area contributed by atoms with Crippen molar-refractivity contribution in [1.29, 1.82) is 5.41 Å². The van der Waals surface area contributed by atoms with Gasteiger partial charge in [-0.1, -0.05) is 6.92 Å². The lowest BCUT2D eigenvalue weighted by atomic mass is 10.9. The summed E-state index contributed by atoms with van der Waals surface area (Å²) in [6.07, 6.45) is 0.736. The molecule has 0 saturated carbocycles. The van der Waals surface area contributed by atoms with E-state index < -0.39 is 5.97 Å². The number of carbonyl (C=O) groups is 1. The van der Waals surface area contributed by atoms with E-state index in [1.807, 2.05) is 6.92 Å². The molecule has 0 aliphatic rings. The van der Waals surface area contributed by atoms with Crippen LogP contribution in [0.1, 0.15) is 13.8 Å². The highest BCUT2D eigenvalue weighted by Gasteiger charge is 1.65. The second-order valence-corrected chi connectivity index (χ2v) is 2.31. The van der Waals surface area contributed by atoms with Crippen molar-refractivity contribution in [2.45, 2.75) is 13.8 Å². The van der Waals surface area contributed by atoms with Crippen molar-refractivity contribution < 1.29 is 14.5 Å². The molecule has 0 rings (SSSR count). The predicted molar refractivity (Wildman–Crippen MR) is 47.6 cm³/mol. The monoisotopic (exact) mass is 195 g/mol. The average molecular weight is 195 g/mol. The van der Waals surface area contributed by atoms with E-state index in [2.05, 4.69) is 11.5 Å². The Bertz CT molecular complexity index is 120. The van der Waals surface area contributed by atoms with E-state index >= 15 is 0 Å². The Morgan fingerprint density at radius 1 is 1.58 bits per heavy atom. The lowest BCUT2D eigenvalue weighted by Gasteiger charge is -1.69. The highest BCUT2D eigenvalue weighted by molar-refractivity contribution is 7.23. The third-order valence-corrected chi connectivity index (χ3v) is 0.387. The SMILES string of the molecule is CC(=O)O.CCP=O.N=C(N)N. The minimum atomic E-state index is -0.833. The molecule has 0 fully saturated rings. The van der Waals surface area contributed by atoms with E-state index in [1.165, 1.54) is 0 Å². The molecule has 0 bridgehead atoms. The van der Waals surface area contributed by atoms with Gasteiger partial charge in [0.05, 0.1) is 0 Å². The Labute approximate surface area is 72.7 Å². The first kappa shape index (κ1) is 17.1. The second kappa shape index (κ2) is 16.4. The normalized spacial score (nSPS) is 6.83. The number of hydrogen-bond acceptors (Lipinski definition) is 3. The molecule has 0 heterocycles. The summed E-state index contributed by atoms with van der Waals surface area (Å²) in [5, 5.41) is 13.5. The van der Waals surface area contributed by atoms with Crippen molar-refractivity contribution in [3.8, 4) is 0 Å². The van der Waals surface area contributed by atoms with E-state index in [0.29, 0.717) is 0 Å². The molecule has 12 heavy (non-hydrogen) atoms. The van der Waals surface area contributed by atoms with Crippen LogP contribution in [0.15, 0.2) is 0 Å². The molecule has 0 aliphatic carbocycles. The van der Waals surface area contributed by atoms with Crippen LogP contribution in [0.4, 0.5) is 0 Å². The molecular weight excluding hydrogens is 181 g/mol. The molecule has 0 amide bonds. The first-order valence-corrected chi connectivity index (χ1v) is 3.96. The number of carboxylic acids is 1. The van der Waals surface area contributed by atoms with E-state index in [4.69, 9.17) is 15.3 Å². The quantitative estimate of drug-likeness (QED) is 0.270. The molecule has 0 atom stereocenters. The lowest BCUT2D eigenvalue weighted by Crippen LogP contribution is -2.20. The molecule has 0 aromatic carbocycles. The zero-order chi connectivity index (χ0) is 10.6. The van der Waals surface area contributed by atoms with Crippen LogP contribution in [0, 0.1) is 5.41 Å². The van der Waals surface area contributed by atoms with Gasteiger partial charge in [-0.05, 0) is 0 Å². The van der Waals surface area contributed by atoms with E-state index in [9.17, 15) is 4.57 Å². The van der Waals surface area contributed by atoms with Crippen LogP contribution in [0.25, 0.3) is 0 Å². The van der Waals surface area contributed by atoms with E-state index in [1.54, 1.807) is 0 Å². The molecule has 0 aromatic rings. The molecular formula is C5H14N3O3P. The summed E-state index contributed by atoms with van der Waals surface area (Å²) in [5.41, 5.74) is 8.94. The van der Waals surface area contributed by atoms with Crippen LogP contribution in [0.3, 0.4) is 0 Å². The molecule has 0 radical (unpaired) electrons. The third kappa shape index (κ3) is 21200. The van der Waals surface area contributed by atoms with E-state index in [-0.39, 0.29) is 14.4 Å². The fraction of sp³-hybridized carbons (Fsp3) is 0.600. The summed E-state index contributed by atoms with van der Waals surface area (Å²) in [6, 6.07) is 0. The predicted octanol–water partition coefficient (Wildman–Crippen LogP) is 0.227. The molecule has 0 spiro atoms. The smallest absolute Gasteiger partial charge is 0.300 e. The van der Waals surface area contributed by atoms with Crippen molar-refractivity contribution in [1.82, 2.24) is 0 Å². The van der Waals surface area contributed by atoms with Gasteiger partial charge in [-0.2, -0.15) is 0 Å². The van der Waals surface area contributed by atoms with Crippen LogP contribution < -0.4 is 11.5 Å². The molecule has 6 nitrogen and oxygen atoms in total. The van der Waals surface area contributed by atoms with Gasteiger partial charge in [-0.3, -0.25) is 14.8 Å². The Hall–Kier alpha value is -1.16. The standard InChI is InChI=1S/C2H4O2.C2H5OP.CH5N3/c1-2(3)4;1-2-4-3;2-1(3)4/h1H3,(H,3,4);2H2,1H3;(H5,2,3,4). The lowest BCUT2D eigenvalue weighted by molar-refractivity contribution is -0.134. The first-order chi connectivity index (χ1) is 5.38. The van der Waals surface area contributed by atoms with Gasteiger partial charge in [-0.25, -0.2) is 0 Å². The summed E-state index contributed by atoms with van der Waals surface area (Å²) in [5.74, 6) is -1.17. The third-order valence-electron chi connectivity index (χ3n) is 0.129. The van der Waals surface area contributed by atoms with Crippen LogP contribution in [-0.2, 0) is 9.36 Å². The van der Waals surface area contributed by atoms with Crippen LogP contribution in [0.5, 0.6) is 0 Å². The van der Waals surface area contributed by atoms with Crippen LogP contribution in [0.2, 0.25) is 0 Å². The Balaban J connectivity index is -0.000000101. The Kier molecular flexibility index (Phi) is 23.4. The first-order valence-electron chi connectivity index (χ1n) is 2.96. The number of rotatable bonds is 1. The molecule has 72 valence electrons. The van der Waals surface area contributed by atoms with Crippen molar-refractivity contribution in [2.75, 3.05) is 6.16 Å². The maximum atomic E-state index is 9.27. The summed E-state index contributed by atoms with van der Waals surface area (Å²) < 4.78 is 9.27. The summed E-state index contributed by atoms with van der Waals surface area (Å²) in [6.45, 7) is 2.94. The summed E-state index contributed by atoms with van der Waals surface area (Å²) in [7, 11) is 0.248. The number of hydrogen-bond donors (Lipinski definition) is 4. The zero-order valence-corrected chi connectivity index (χ0v) is 7.97. The van der Waals surface area contributed by atoms with E-state index in [0.717, 1.165) is 13.1 Å². The maximum absolute atomic E-state index is 9.27. The summed E-state index contributed by atoms with van der Waals surface area (Å²) in [4.78, 5) is 9.00. The van der Waals surface area contributed by atoms with Gasteiger partial charge in [0.1, 0.15) is 0 Å². The van der Waals surface area contributed by atoms with Crippen LogP contribution >= 0.6 is 8.46 Å². The number of nitrogens with one attached hydrogen (secondary N) is 1. The van der Waals surface area contributed by atoms with Crippen molar-refractivity contribution in [3.63, 3.8) is 0 Å². The Morgan fingerprint density at radius 2 is 1.67 bits per heavy atom. The van der Waals surface area contributed by atoms with Crippen molar-refractivity contribution in [3.05, 3.63) is 0 Å². The van der Waals surface area contributed by atoms with Gasteiger partial charge >= 0.3 is 0 Å². The second-order valence-electron chi connectivity index (χ2n) is 1.42.